The highest BCUT2D eigenvalue weighted by Gasteiger charge is 2.39. The first-order chi connectivity index (χ1) is 20.5. The first kappa shape index (κ1) is 31.7. The van der Waals surface area contributed by atoms with Gasteiger partial charge in [-0.1, -0.05) is 0 Å². The number of benzene rings is 2. The van der Waals surface area contributed by atoms with Crippen LogP contribution in [-0.2, 0) is 24.3 Å². The number of nitrogens with zero attached hydrogens (tertiary/aromatic N) is 2. The molecule has 0 aromatic heterocycles. The second kappa shape index (κ2) is 13.5. The Bertz CT molecular complexity index is 1450. The highest BCUT2D eigenvalue weighted by Crippen LogP contribution is 2.31. The van der Waals surface area contributed by atoms with Crippen molar-refractivity contribution in [1.82, 2.24) is 9.62 Å². The maximum Gasteiger partial charge on any atom is 0.265 e. The number of anilines is 1. The van der Waals surface area contributed by atoms with Gasteiger partial charge in [-0.15, -0.1) is 11.8 Å². The normalized spacial score (nSPS) is 21.9. The predicted octanol–water partition coefficient (Wildman–Crippen LogP) is 4.43. The van der Waals surface area contributed by atoms with Gasteiger partial charge in [0.15, 0.2) is 0 Å². The Hall–Kier alpha value is -2.76. The van der Waals surface area contributed by atoms with Gasteiger partial charge < -0.3 is 14.8 Å². The van der Waals surface area contributed by atoms with E-state index in [1.165, 1.54) is 30.8 Å². The van der Waals surface area contributed by atoms with Crippen LogP contribution in [0.15, 0.2) is 46.2 Å². The molecule has 2 aromatic carbocycles. The molecule has 2 aliphatic heterocycles. The zero-order valence-electron chi connectivity index (χ0n) is 24.0. The summed E-state index contributed by atoms with van der Waals surface area (Å²) in [6.45, 7) is 4.23. The molecular formula is C30H36F2N4O5S2. The van der Waals surface area contributed by atoms with Gasteiger partial charge in [0.2, 0.25) is 0 Å². The smallest absolute Gasteiger partial charge is 0.265 e. The molecule has 1 amide bonds. The number of carbonyl (C=O) groups excluding carboxylic acids is 1. The number of thioether (sulfide) groups is 1. The summed E-state index contributed by atoms with van der Waals surface area (Å²) in [5.74, 6) is -1.61. The van der Waals surface area contributed by atoms with Gasteiger partial charge in [-0.25, -0.2) is 21.9 Å². The molecule has 9 nitrogen and oxygen atoms in total. The van der Waals surface area contributed by atoms with Gasteiger partial charge in [0.25, 0.3) is 15.9 Å². The van der Waals surface area contributed by atoms with E-state index in [2.05, 4.69) is 10.2 Å². The summed E-state index contributed by atoms with van der Waals surface area (Å²) in [6, 6.07) is 9.54. The molecule has 2 saturated heterocycles. The fourth-order valence-corrected chi connectivity index (χ4v) is 7.19. The second-order valence-corrected chi connectivity index (χ2v) is 14.3. The fraction of sp³-hybridized carbons (Fsp3) is 0.533. The number of rotatable bonds is 13. The lowest BCUT2D eigenvalue weighted by molar-refractivity contribution is -0.148. The molecule has 13 heteroatoms. The molecule has 1 aliphatic carbocycles. The molecule has 1 saturated carbocycles. The van der Waals surface area contributed by atoms with E-state index in [4.69, 9.17) is 9.47 Å². The topological polar surface area (TPSA) is 121 Å². The van der Waals surface area contributed by atoms with Crippen molar-refractivity contribution in [3.63, 3.8) is 0 Å². The van der Waals surface area contributed by atoms with Crippen LogP contribution in [0.1, 0.15) is 51.0 Å². The highest BCUT2D eigenvalue weighted by atomic mass is 32.2. The molecule has 3 fully saturated rings. The van der Waals surface area contributed by atoms with Crippen molar-refractivity contribution in [2.24, 2.45) is 0 Å². The van der Waals surface area contributed by atoms with Gasteiger partial charge in [-0.3, -0.25) is 9.69 Å². The molecule has 2 heterocycles. The van der Waals surface area contributed by atoms with E-state index in [1.54, 1.807) is 12.1 Å². The maximum atomic E-state index is 15.5. The van der Waals surface area contributed by atoms with Gasteiger partial charge in [0.05, 0.1) is 28.4 Å². The van der Waals surface area contributed by atoms with Gasteiger partial charge in [-0.05, 0) is 81.8 Å². The lowest BCUT2D eigenvalue weighted by atomic mass is 9.95. The Kier molecular flexibility index (Phi) is 9.93. The zero-order valence-corrected chi connectivity index (χ0v) is 25.6. The third-order valence-corrected chi connectivity index (χ3v) is 10.4. The van der Waals surface area contributed by atoms with Crippen molar-refractivity contribution in [3.05, 3.63) is 53.6 Å². The number of nitrogens with one attached hydrogen (secondary N) is 2. The molecule has 0 unspecified atom stereocenters. The molecule has 3 aliphatic rings. The van der Waals surface area contributed by atoms with E-state index in [-0.39, 0.29) is 29.2 Å². The first-order valence-corrected chi connectivity index (χ1v) is 17.0. The molecular weight excluding hydrogens is 598 g/mol. The number of carbonyl (C=O) groups is 1. The Morgan fingerprint density at radius 2 is 1.95 bits per heavy atom. The van der Waals surface area contributed by atoms with E-state index in [1.807, 2.05) is 10.8 Å². The number of halogens is 2. The number of amides is 1. The molecule has 0 spiro atoms. The van der Waals surface area contributed by atoms with Crippen LogP contribution in [0.25, 0.3) is 0 Å². The molecule has 2 aromatic rings. The minimum atomic E-state index is -4.48. The zero-order chi connectivity index (χ0) is 30.6. The Balaban J connectivity index is 1.28. The minimum Gasteiger partial charge on any atom is -0.378 e. The van der Waals surface area contributed by atoms with E-state index >= 15 is 4.39 Å². The second-order valence-electron chi connectivity index (χ2n) is 11.5. The summed E-state index contributed by atoms with van der Waals surface area (Å²) in [7, 11) is -4.48. The number of hydrogen-bond acceptors (Lipinski definition) is 9. The summed E-state index contributed by atoms with van der Waals surface area (Å²) < 4.78 is 68.5. The summed E-state index contributed by atoms with van der Waals surface area (Å²) in [5, 5.41) is 13.0. The van der Waals surface area contributed by atoms with Crippen LogP contribution in [0.3, 0.4) is 0 Å². The van der Waals surface area contributed by atoms with E-state index in [0.29, 0.717) is 37.7 Å². The van der Waals surface area contributed by atoms with E-state index < -0.39 is 32.2 Å². The Morgan fingerprint density at radius 3 is 2.60 bits per heavy atom. The molecule has 232 valence electrons. The Labute approximate surface area is 255 Å². The van der Waals surface area contributed by atoms with Gasteiger partial charge in [0, 0.05) is 42.9 Å². The standard InChI is InChI=1S/C30H36F2N4O5S2/c1-30(11-2-3-13-40-30)29(37)35-43(38,39)26-14-20(16-33)28(27(32)15-26)34-22(19-42-25-8-4-21(31)5-9-25)10-12-36-17-24(18-36)41-23-6-7-23/h4-5,8-9,14-15,22-24,34H,2-3,6-7,10-13,17-19H2,1H3,(H,35,37)/t22-,30-/m1/s1. The number of nitriles is 1. The van der Waals surface area contributed by atoms with Crippen molar-refractivity contribution in [2.45, 2.75) is 79.1 Å². The SMILES string of the molecule is C[C@]1(C(=O)NS(=O)(=O)c2cc(F)c(N[C@H](CCN3CC(OC4CC4)C3)CSc3ccc(F)cc3)c(C#N)c2)CCCCO1. The molecule has 0 radical (unpaired) electrons. The van der Waals surface area contributed by atoms with Gasteiger partial charge in [0.1, 0.15) is 23.3 Å². The van der Waals surface area contributed by atoms with Crippen LogP contribution < -0.4 is 10.0 Å². The average molecular weight is 635 g/mol. The van der Waals surface area contributed by atoms with Crippen LogP contribution in [-0.4, -0.2) is 75.1 Å². The van der Waals surface area contributed by atoms with Crippen molar-refractivity contribution in [2.75, 3.05) is 37.3 Å². The quantitative estimate of drug-likeness (QED) is 0.309. The van der Waals surface area contributed by atoms with Crippen LogP contribution in [0, 0.1) is 23.0 Å². The van der Waals surface area contributed by atoms with Gasteiger partial charge >= 0.3 is 0 Å². The summed E-state index contributed by atoms with van der Waals surface area (Å²) >= 11 is 1.46. The minimum absolute atomic E-state index is 0.112. The molecule has 2 atom stereocenters. The van der Waals surface area contributed by atoms with Crippen LogP contribution >= 0.6 is 11.8 Å². The maximum absolute atomic E-state index is 15.5. The van der Waals surface area contributed by atoms with Crippen molar-refractivity contribution in [3.8, 4) is 6.07 Å². The average Bonchev–Trinajstić information content (AvgIpc) is 3.78. The van der Waals surface area contributed by atoms with Crippen LogP contribution in [0.2, 0.25) is 0 Å². The first-order valence-electron chi connectivity index (χ1n) is 14.5. The molecule has 2 N–H and O–H groups in total. The van der Waals surface area contributed by atoms with Gasteiger partial charge in [-0.2, -0.15) is 5.26 Å². The molecule has 0 bridgehead atoms. The van der Waals surface area contributed by atoms with E-state index in [0.717, 1.165) is 55.9 Å². The summed E-state index contributed by atoms with van der Waals surface area (Å²) in [5.41, 5.74) is -1.62. The number of ether oxygens (including phenoxy) is 2. The number of likely N-dealkylation sites (tertiary alicyclic amines) is 1. The number of sulfonamides is 1. The summed E-state index contributed by atoms with van der Waals surface area (Å²) in [4.78, 5) is 15.3. The number of hydrogen-bond donors (Lipinski definition) is 2. The summed E-state index contributed by atoms with van der Waals surface area (Å²) in [6.07, 6.45) is 5.33. The van der Waals surface area contributed by atoms with Crippen LogP contribution in [0.4, 0.5) is 14.5 Å². The fourth-order valence-electron chi connectivity index (χ4n) is 5.11. The third kappa shape index (κ3) is 8.25. The monoisotopic (exact) mass is 634 g/mol. The lowest BCUT2D eigenvalue weighted by Crippen LogP contribution is -2.53. The Morgan fingerprint density at radius 1 is 1.21 bits per heavy atom. The third-order valence-electron chi connectivity index (χ3n) is 7.91. The van der Waals surface area contributed by atoms with Crippen molar-refractivity contribution in [1.29, 1.82) is 5.26 Å². The largest absolute Gasteiger partial charge is 0.378 e. The highest BCUT2D eigenvalue weighted by molar-refractivity contribution is 7.99. The molecule has 5 rings (SSSR count). The lowest BCUT2D eigenvalue weighted by Gasteiger charge is -2.39. The van der Waals surface area contributed by atoms with Crippen molar-refractivity contribution < 1.29 is 31.5 Å². The van der Waals surface area contributed by atoms with Crippen molar-refractivity contribution >= 4 is 33.4 Å². The van der Waals surface area contributed by atoms with E-state index in [9.17, 15) is 22.9 Å². The predicted molar refractivity (Wildman–Crippen MR) is 158 cm³/mol. The molecule has 43 heavy (non-hydrogen) atoms. The van der Waals surface area contributed by atoms with Crippen LogP contribution in [0.5, 0.6) is 0 Å².